The molecule has 1 saturated heterocycles. The Kier molecular flexibility index (Phi) is 5.48. The van der Waals surface area contributed by atoms with Crippen LogP contribution < -0.4 is 0 Å². The summed E-state index contributed by atoms with van der Waals surface area (Å²) in [6.45, 7) is 5.62. The van der Waals surface area contributed by atoms with Gasteiger partial charge < -0.3 is 14.4 Å². The summed E-state index contributed by atoms with van der Waals surface area (Å²) in [4.78, 5) is 34.7. The van der Waals surface area contributed by atoms with E-state index < -0.39 is 34.7 Å². The zero-order valence-corrected chi connectivity index (χ0v) is 13.4. The monoisotopic (exact) mass is 318 g/mol. The predicted molar refractivity (Wildman–Crippen MR) is 76.9 cm³/mol. The summed E-state index contributed by atoms with van der Waals surface area (Å²) in [5.74, 6) is -0.296. The first-order valence-electron chi connectivity index (χ1n) is 7.18. The van der Waals surface area contributed by atoms with Gasteiger partial charge in [-0.15, -0.1) is 0 Å². The highest BCUT2D eigenvalue weighted by atomic mass is 19.1. The third-order valence-corrected chi connectivity index (χ3v) is 3.62. The lowest BCUT2D eigenvalue weighted by Crippen LogP contribution is -2.54. The second kappa shape index (κ2) is 6.58. The summed E-state index contributed by atoms with van der Waals surface area (Å²) in [6, 6.07) is 0. The molecule has 126 valence electrons. The van der Waals surface area contributed by atoms with Gasteiger partial charge in [-0.05, 0) is 34.1 Å². The van der Waals surface area contributed by atoms with Crippen molar-refractivity contribution in [2.24, 2.45) is 5.41 Å². The molecule has 0 aromatic carbocycles. The van der Waals surface area contributed by atoms with Crippen LogP contribution in [0, 0.1) is 15.5 Å². The molecule has 1 aliphatic rings. The molecule has 0 bridgehead atoms. The smallest absolute Gasteiger partial charge is 0.410 e. The number of Topliss-reactive ketones (excluding diaryl/α,β-unsaturated/α-hetero) is 1. The highest BCUT2D eigenvalue weighted by Crippen LogP contribution is 2.38. The average molecular weight is 318 g/mol. The van der Waals surface area contributed by atoms with Crippen LogP contribution in [0.25, 0.3) is 0 Å². The van der Waals surface area contributed by atoms with E-state index in [0.29, 0.717) is 0 Å². The quantitative estimate of drug-likeness (QED) is 0.585. The first-order chi connectivity index (χ1) is 9.95. The summed E-state index contributed by atoms with van der Waals surface area (Å²) >= 11 is 0. The normalized spacial score (nSPS) is 25.7. The van der Waals surface area contributed by atoms with Crippen LogP contribution in [0.1, 0.15) is 40.5 Å². The molecule has 0 aromatic rings. The summed E-state index contributed by atoms with van der Waals surface area (Å²) in [6.07, 6.45) is -2.42. The molecule has 0 aliphatic carbocycles. The van der Waals surface area contributed by atoms with Crippen LogP contribution >= 0.6 is 0 Å². The fourth-order valence-electron chi connectivity index (χ4n) is 2.67. The van der Waals surface area contributed by atoms with E-state index in [1.807, 2.05) is 0 Å². The van der Waals surface area contributed by atoms with Crippen molar-refractivity contribution in [2.45, 2.75) is 52.3 Å². The number of amides is 1. The van der Waals surface area contributed by atoms with Crippen LogP contribution in [0.3, 0.4) is 0 Å². The first-order valence-corrected chi connectivity index (χ1v) is 7.18. The number of hydrogen-bond donors (Lipinski definition) is 0. The lowest BCUT2D eigenvalue weighted by atomic mass is 9.73. The third kappa shape index (κ3) is 4.92. The van der Waals surface area contributed by atoms with Gasteiger partial charge in [-0.2, -0.15) is 0 Å². The van der Waals surface area contributed by atoms with E-state index in [9.17, 15) is 24.1 Å². The molecule has 8 heteroatoms. The molecule has 0 aromatic heterocycles. The van der Waals surface area contributed by atoms with Crippen molar-refractivity contribution in [1.29, 1.82) is 0 Å². The van der Waals surface area contributed by atoms with Crippen LogP contribution in [-0.4, -0.2) is 53.1 Å². The highest BCUT2D eigenvalue weighted by molar-refractivity contribution is 5.76. The van der Waals surface area contributed by atoms with Crippen molar-refractivity contribution < 1.29 is 23.6 Å². The minimum atomic E-state index is -1.64. The fraction of sp³-hybridized carbons (Fsp3) is 0.857. The van der Waals surface area contributed by atoms with Gasteiger partial charge in [-0.1, -0.05) is 0 Å². The third-order valence-electron chi connectivity index (χ3n) is 3.62. The van der Waals surface area contributed by atoms with E-state index in [2.05, 4.69) is 0 Å². The summed E-state index contributed by atoms with van der Waals surface area (Å²) in [5, 5.41) is 10.8. The van der Waals surface area contributed by atoms with Gasteiger partial charge in [-0.25, -0.2) is 9.18 Å². The maximum atomic E-state index is 14.6. The number of hydrogen-bond acceptors (Lipinski definition) is 5. The van der Waals surface area contributed by atoms with Gasteiger partial charge in [0.2, 0.25) is 6.54 Å². The minimum Gasteiger partial charge on any atom is -0.444 e. The molecular weight excluding hydrogens is 295 g/mol. The van der Waals surface area contributed by atoms with Crippen molar-refractivity contribution >= 4 is 11.9 Å². The molecule has 0 unspecified atom stereocenters. The van der Waals surface area contributed by atoms with Crippen LogP contribution in [0.15, 0.2) is 0 Å². The summed E-state index contributed by atoms with van der Waals surface area (Å²) in [5.41, 5.74) is -2.04. The van der Waals surface area contributed by atoms with Gasteiger partial charge in [0.1, 0.15) is 17.6 Å². The van der Waals surface area contributed by atoms with E-state index in [4.69, 9.17) is 4.74 Å². The van der Waals surface area contributed by atoms with Gasteiger partial charge in [0, 0.05) is 17.9 Å². The van der Waals surface area contributed by atoms with E-state index in [1.165, 1.54) is 11.8 Å². The van der Waals surface area contributed by atoms with Crippen LogP contribution in [0.2, 0.25) is 0 Å². The Bertz CT molecular complexity index is 445. The number of nitrogens with zero attached hydrogens (tertiary/aromatic N) is 2. The number of alkyl halides is 1. The Morgan fingerprint density at radius 1 is 1.45 bits per heavy atom. The fourth-order valence-corrected chi connectivity index (χ4v) is 2.67. The van der Waals surface area contributed by atoms with Gasteiger partial charge in [0.15, 0.2) is 0 Å². The number of halogens is 1. The molecule has 0 saturated carbocycles. The van der Waals surface area contributed by atoms with Crippen molar-refractivity contribution in [2.75, 3.05) is 19.6 Å². The minimum absolute atomic E-state index is 0.0635. The molecule has 1 aliphatic heterocycles. The molecule has 22 heavy (non-hydrogen) atoms. The lowest BCUT2D eigenvalue weighted by molar-refractivity contribution is -0.501. The molecule has 1 amide bonds. The number of rotatable bonds is 4. The van der Waals surface area contributed by atoms with E-state index >= 15 is 0 Å². The maximum Gasteiger partial charge on any atom is 0.410 e. The molecule has 0 N–H and O–H groups in total. The van der Waals surface area contributed by atoms with Gasteiger partial charge in [-0.3, -0.25) is 10.1 Å². The zero-order chi connectivity index (χ0) is 17.1. The SMILES string of the molecule is CC(=O)C[C@@]1(C[N+](=O)[O-])CCN(C(=O)OC(C)(C)C)C[C@@H]1F. The number of carbonyl (C=O) groups excluding carboxylic acids is 2. The van der Waals surface area contributed by atoms with Crippen LogP contribution in [0.5, 0.6) is 0 Å². The van der Waals surface area contributed by atoms with Crippen LogP contribution in [0.4, 0.5) is 9.18 Å². The van der Waals surface area contributed by atoms with Crippen molar-refractivity contribution in [1.82, 2.24) is 4.90 Å². The van der Waals surface area contributed by atoms with E-state index in [1.54, 1.807) is 20.8 Å². The van der Waals surface area contributed by atoms with Crippen LogP contribution in [-0.2, 0) is 9.53 Å². The number of ketones is 1. The number of carbonyl (C=O) groups is 2. The number of likely N-dealkylation sites (tertiary alicyclic amines) is 1. The van der Waals surface area contributed by atoms with E-state index in [0.717, 1.165) is 0 Å². The molecule has 1 fully saturated rings. The number of piperidine rings is 1. The molecule has 0 radical (unpaired) electrons. The average Bonchev–Trinajstić information content (AvgIpc) is 2.28. The summed E-state index contributed by atoms with van der Waals surface area (Å²) < 4.78 is 19.7. The van der Waals surface area contributed by atoms with Gasteiger partial charge in [0.25, 0.3) is 0 Å². The van der Waals surface area contributed by atoms with E-state index in [-0.39, 0.29) is 31.7 Å². The maximum absolute atomic E-state index is 14.6. The number of ether oxygens (including phenoxy) is 1. The standard InChI is InChI=1S/C14H23FN2O5/c1-10(18)7-14(9-17(20)21)5-6-16(8-11(14)15)12(19)22-13(2,3)4/h11H,5-9H2,1-4H3/t11-,14+/m0/s1. The Labute approximate surface area is 128 Å². The first kappa shape index (κ1) is 18.3. The molecule has 1 rings (SSSR count). The highest BCUT2D eigenvalue weighted by Gasteiger charge is 2.49. The Morgan fingerprint density at radius 2 is 2.05 bits per heavy atom. The lowest BCUT2D eigenvalue weighted by Gasteiger charge is -2.41. The molecule has 7 nitrogen and oxygen atoms in total. The van der Waals surface area contributed by atoms with Gasteiger partial charge >= 0.3 is 6.09 Å². The Balaban J connectivity index is 2.83. The van der Waals surface area contributed by atoms with Crippen molar-refractivity contribution in [3.8, 4) is 0 Å². The van der Waals surface area contributed by atoms with Crippen molar-refractivity contribution in [3.05, 3.63) is 10.1 Å². The zero-order valence-electron chi connectivity index (χ0n) is 13.4. The van der Waals surface area contributed by atoms with Gasteiger partial charge in [0.05, 0.1) is 12.0 Å². The molecule has 1 heterocycles. The largest absolute Gasteiger partial charge is 0.444 e. The molecular formula is C14H23FN2O5. The Hall–Kier alpha value is -1.73. The topological polar surface area (TPSA) is 89.8 Å². The summed E-state index contributed by atoms with van der Waals surface area (Å²) in [7, 11) is 0. The Morgan fingerprint density at radius 3 is 2.45 bits per heavy atom. The second-order valence-corrected chi connectivity index (χ2v) is 6.88. The number of nitro groups is 1. The second-order valence-electron chi connectivity index (χ2n) is 6.88. The predicted octanol–water partition coefficient (Wildman–Crippen LogP) is 2.21. The molecule has 2 atom stereocenters. The van der Waals surface area contributed by atoms with Crippen molar-refractivity contribution in [3.63, 3.8) is 0 Å². The molecule has 0 spiro atoms.